The average molecular weight is 315 g/mol. The molecule has 8 heteroatoms. The fourth-order valence-electron chi connectivity index (χ4n) is 2.53. The molecule has 0 spiro atoms. The molecule has 2 amide bonds. The van der Waals surface area contributed by atoms with E-state index < -0.39 is 0 Å². The highest BCUT2D eigenvalue weighted by atomic mass is 16.5. The topological polar surface area (TPSA) is 100 Å². The monoisotopic (exact) mass is 315 g/mol. The quantitative estimate of drug-likeness (QED) is 0.879. The van der Waals surface area contributed by atoms with Gasteiger partial charge >= 0.3 is 0 Å². The van der Waals surface area contributed by atoms with Crippen molar-refractivity contribution < 1.29 is 14.3 Å². The van der Waals surface area contributed by atoms with Crippen molar-refractivity contribution in [2.24, 2.45) is 0 Å². The second-order valence-corrected chi connectivity index (χ2v) is 5.21. The SMILES string of the molecule is CC(=O)Nc1cc(C(=O)N2CCOC[C@@H]2c2ccn[nH]2)ccn1. The van der Waals surface area contributed by atoms with Crippen molar-refractivity contribution in [2.45, 2.75) is 13.0 Å². The van der Waals surface area contributed by atoms with Gasteiger partial charge < -0.3 is 15.0 Å². The van der Waals surface area contributed by atoms with Gasteiger partial charge in [-0.2, -0.15) is 5.10 Å². The Hall–Kier alpha value is -2.74. The first kappa shape index (κ1) is 15.2. The first-order valence-electron chi connectivity index (χ1n) is 7.27. The van der Waals surface area contributed by atoms with Gasteiger partial charge in [0.1, 0.15) is 5.82 Å². The Bertz CT molecular complexity index is 701. The van der Waals surface area contributed by atoms with Crippen LogP contribution in [0.5, 0.6) is 0 Å². The molecule has 1 aliphatic rings. The van der Waals surface area contributed by atoms with Gasteiger partial charge in [0.15, 0.2) is 0 Å². The number of aromatic nitrogens is 3. The fraction of sp³-hybridized carbons (Fsp3) is 0.333. The summed E-state index contributed by atoms with van der Waals surface area (Å²) in [7, 11) is 0. The Labute approximate surface area is 132 Å². The minimum atomic E-state index is -0.233. The van der Waals surface area contributed by atoms with Gasteiger partial charge in [0.25, 0.3) is 5.91 Å². The van der Waals surface area contributed by atoms with E-state index >= 15 is 0 Å². The van der Waals surface area contributed by atoms with Crippen LogP contribution in [0.4, 0.5) is 5.82 Å². The number of hydrogen-bond donors (Lipinski definition) is 2. The average Bonchev–Trinajstić information content (AvgIpc) is 3.08. The third-order valence-corrected chi connectivity index (χ3v) is 3.58. The molecule has 8 nitrogen and oxygen atoms in total. The normalized spacial score (nSPS) is 17.8. The molecule has 0 unspecified atom stereocenters. The Kier molecular flexibility index (Phi) is 4.33. The van der Waals surface area contributed by atoms with Crippen molar-refractivity contribution in [3.05, 3.63) is 41.9 Å². The summed E-state index contributed by atoms with van der Waals surface area (Å²) in [6.07, 6.45) is 3.15. The van der Waals surface area contributed by atoms with Crippen LogP contribution in [0.2, 0.25) is 0 Å². The third kappa shape index (κ3) is 3.37. The molecule has 2 N–H and O–H groups in total. The maximum absolute atomic E-state index is 12.8. The molecular formula is C15H17N5O3. The van der Waals surface area contributed by atoms with Crippen LogP contribution in [-0.4, -0.2) is 51.7 Å². The highest BCUT2D eigenvalue weighted by Crippen LogP contribution is 2.24. The number of ether oxygens (including phenoxy) is 1. The predicted molar refractivity (Wildman–Crippen MR) is 81.7 cm³/mol. The smallest absolute Gasteiger partial charge is 0.254 e. The molecule has 1 atom stereocenters. The number of aromatic amines is 1. The number of nitrogens with one attached hydrogen (secondary N) is 2. The predicted octanol–water partition coefficient (Wildman–Crippen LogP) is 0.977. The number of anilines is 1. The standard InChI is InChI=1S/C15H17N5O3/c1-10(21)18-14-8-11(2-4-16-14)15(22)20-6-7-23-9-13(20)12-3-5-17-19-12/h2-5,8,13H,6-7,9H2,1H3,(H,17,19)(H,16,18,21)/t13-/m1/s1. The summed E-state index contributed by atoms with van der Waals surface area (Å²) in [4.78, 5) is 29.7. The minimum Gasteiger partial charge on any atom is -0.377 e. The number of H-pyrrole nitrogens is 1. The van der Waals surface area contributed by atoms with Gasteiger partial charge in [0.05, 0.1) is 24.9 Å². The van der Waals surface area contributed by atoms with Crippen LogP contribution < -0.4 is 5.32 Å². The van der Waals surface area contributed by atoms with Gasteiger partial charge in [0.2, 0.25) is 5.91 Å². The minimum absolute atomic E-state index is 0.137. The molecule has 3 heterocycles. The number of carbonyl (C=O) groups is 2. The van der Waals surface area contributed by atoms with Gasteiger partial charge in [0, 0.05) is 31.4 Å². The number of morpholine rings is 1. The first-order valence-corrected chi connectivity index (χ1v) is 7.27. The number of hydrogen-bond acceptors (Lipinski definition) is 5. The van der Waals surface area contributed by atoms with Crippen LogP contribution >= 0.6 is 0 Å². The van der Waals surface area contributed by atoms with Gasteiger partial charge in [-0.3, -0.25) is 14.7 Å². The third-order valence-electron chi connectivity index (χ3n) is 3.58. The summed E-state index contributed by atoms with van der Waals surface area (Å²) in [5.74, 6) is -0.0135. The van der Waals surface area contributed by atoms with Crippen LogP contribution in [0.3, 0.4) is 0 Å². The summed E-state index contributed by atoms with van der Waals surface area (Å²) in [5.41, 5.74) is 1.30. The van der Waals surface area contributed by atoms with Crippen molar-refractivity contribution in [3.8, 4) is 0 Å². The molecule has 0 aliphatic carbocycles. The molecule has 0 aromatic carbocycles. The van der Waals surface area contributed by atoms with Gasteiger partial charge in [-0.15, -0.1) is 0 Å². The molecule has 120 valence electrons. The summed E-state index contributed by atoms with van der Waals surface area (Å²) >= 11 is 0. The lowest BCUT2D eigenvalue weighted by Gasteiger charge is -2.35. The molecule has 0 saturated carbocycles. The van der Waals surface area contributed by atoms with Crippen molar-refractivity contribution in [2.75, 3.05) is 25.1 Å². The number of rotatable bonds is 3. The molecular weight excluding hydrogens is 298 g/mol. The molecule has 2 aromatic heterocycles. The fourth-order valence-corrected chi connectivity index (χ4v) is 2.53. The van der Waals surface area contributed by atoms with E-state index in [0.717, 1.165) is 5.69 Å². The second kappa shape index (κ2) is 6.57. The van der Waals surface area contributed by atoms with Gasteiger partial charge in [-0.05, 0) is 18.2 Å². The number of pyridine rings is 1. The molecule has 1 saturated heterocycles. The van der Waals surface area contributed by atoms with E-state index in [-0.39, 0.29) is 17.9 Å². The maximum atomic E-state index is 12.8. The van der Waals surface area contributed by atoms with E-state index in [1.165, 1.54) is 13.1 Å². The van der Waals surface area contributed by atoms with E-state index in [1.54, 1.807) is 23.2 Å². The highest BCUT2D eigenvalue weighted by molar-refractivity contribution is 5.96. The number of amides is 2. The van der Waals surface area contributed by atoms with Crippen LogP contribution in [0.25, 0.3) is 0 Å². The van der Waals surface area contributed by atoms with Crippen molar-refractivity contribution in [1.82, 2.24) is 20.1 Å². The van der Waals surface area contributed by atoms with E-state index in [2.05, 4.69) is 20.5 Å². The lowest BCUT2D eigenvalue weighted by atomic mass is 10.1. The van der Waals surface area contributed by atoms with Gasteiger partial charge in [-0.25, -0.2) is 4.98 Å². The van der Waals surface area contributed by atoms with Crippen molar-refractivity contribution in [1.29, 1.82) is 0 Å². The van der Waals surface area contributed by atoms with E-state index in [0.29, 0.717) is 31.1 Å². The number of carbonyl (C=O) groups excluding carboxylic acids is 2. The second-order valence-electron chi connectivity index (χ2n) is 5.21. The largest absolute Gasteiger partial charge is 0.377 e. The summed E-state index contributed by atoms with van der Waals surface area (Å²) in [5, 5.41) is 9.40. The van der Waals surface area contributed by atoms with E-state index in [4.69, 9.17) is 4.74 Å². The molecule has 23 heavy (non-hydrogen) atoms. The maximum Gasteiger partial charge on any atom is 0.254 e. The zero-order chi connectivity index (χ0) is 16.2. The molecule has 0 bridgehead atoms. The Balaban J connectivity index is 1.84. The lowest BCUT2D eigenvalue weighted by molar-refractivity contribution is -0.114. The Morgan fingerprint density at radius 2 is 2.26 bits per heavy atom. The van der Waals surface area contributed by atoms with E-state index in [1.807, 2.05) is 6.07 Å². The summed E-state index contributed by atoms with van der Waals surface area (Å²) in [6.45, 7) is 2.78. The summed E-state index contributed by atoms with van der Waals surface area (Å²) < 4.78 is 5.49. The zero-order valence-electron chi connectivity index (χ0n) is 12.7. The highest BCUT2D eigenvalue weighted by Gasteiger charge is 2.30. The molecule has 2 aromatic rings. The van der Waals surface area contributed by atoms with Gasteiger partial charge in [-0.1, -0.05) is 0 Å². The number of nitrogens with zero attached hydrogens (tertiary/aromatic N) is 3. The van der Waals surface area contributed by atoms with Crippen LogP contribution in [0.15, 0.2) is 30.6 Å². The van der Waals surface area contributed by atoms with Crippen LogP contribution in [-0.2, 0) is 9.53 Å². The zero-order valence-corrected chi connectivity index (χ0v) is 12.7. The first-order chi connectivity index (χ1) is 11.1. The van der Waals surface area contributed by atoms with Crippen molar-refractivity contribution in [3.63, 3.8) is 0 Å². The summed E-state index contributed by atoms with van der Waals surface area (Å²) in [6, 6.07) is 4.82. The van der Waals surface area contributed by atoms with E-state index in [9.17, 15) is 9.59 Å². The Morgan fingerprint density at radius 3 is 3.00 bits per heavy atom. The lowest BCUT2D eigenvalue weighted by Crippen LogP contribution is -2.43. The molecule has 1 fully saturated rings. The molecule has 1 aliphatic heterocycles. The van der Waals surface area contributed by atoms with Crippen molar-refractivity contribution >= 4 is 17.6 Å². The molecule has 0 radical (unpaired) electrons. The van der Waals surface area contributed by atoms with Crippen LogP contribution in [0.1, 0.15) is 29.0 Å². The van der Waals surface area contributed by atoms with Crippen LogP contribution in [0, 0.1) is 0 Å². The molecule has 3 rings (SSSR count). The Morgan fingerprint density at radius 1 is 1.39 bits per heavy atom.